The van der Waals surface area contributed by atoms with Gasteiger partial charge in [-0.2, -0.15) is 0 Å². The van der Waals surface area contributed by atoms with Gasteiger partial charge in [-0.1, -0.05) is 0 Å². The van der Waals surface area contributed by atoms with Crippen molar-refractivity contribution in [3.8, 4) is 0 Å². The van der Waals surface area contributed by atoms with Crippen LogP contribution in [0.5, 0.6) is 0 Å². The molecule has 2 fully saturated rings. The molecule has 7 nitrogen and oxygen atoms in total. The highest BCUT2D eigenvalue weighted by molar-refractivity contribution is 5.77. The molecule has 104 valence electrons. The fourth-order valence-corrected chi connectivity index (χ4v) is 2.88. The first-order valence-corrected chi connectivity index (χ1v) is 6.85. The van der Waals surface area contributed by atoms with E-state index in [1.54, 1.807) is 0 Å². The maximum absolute atomic E-state index is 11.5. The van der Waals surface area contributed by atoms with Gasteiger partial charge in [0.25, 0.3) is 0 Å². The number of carbonyl (C=O) groups is 1. The molecule has 1 atom stereocenters. The van der Waals surface area contributed by atoms with E-state index in [0.717, 1.165) is 32.3 Å². The Bertz CT molecular complexity index is 463. The lowest BCUT2D eigenvalue weighted by molar-refractivity contribution is -0.153. The highest BCUT2D eigenvalue weighted by atomic mass is 16.5. The van der Waals surface area contributed by atoms with E-state index in [1.807, 2.05) is 0 Å². The zero-order valence-electron chi connectivity index (χ0n) is 10.8. The Morgan fingerprint density at radius 1 is 1.47 bits per heavy atom. The highest BCUT2D eigenvalue weighted by Gasteiger charge is 2.48. The van der Waals surface area contributed by atoms with Gasteiger partial charge in [0.05, 0.1) is 6.10 Å². The number of tetrazole rings is 1. The molecule has 0 bridgehead atoms. The van der Waals surface area contributed by atoms with Gasteiger partial charge in [-0.3, -0.25) is 0 Å². The minimum Gasteiger partial charge on any atom is -0.479 e. The van der Waals surface area contributed by atoms with Crippen LogP contribution in [0.1, 0.15) is 44.3 Å². The lowest BCUT2D eigenvalue weighted by Crippen LogP contribution is -2.49. The van der Waals surface area contributed by atoms with Gasteiger partial charge in [0.1, 0.15) is 0 Å². The number of ether oxygens (including phenoxy) is 1. The third kappa shape index (κ3) is 2.11. The van der Waals surface area contributed by atoms with Gasteiger partial charge in [-0.05, 0) is 49.0 Å². The number of aryl methyl sites for hydroxylation is 1. The summed E-state index contributed by atoms with van der Waals surface area (Å²) < 4.78 is 7.09. The summed E-state index contributed by atoms with van der Waals surface area (Å²) in [5, 5.41) is 21.0. The molecule has 3 rings (SSSR count). The van der Waals surface area contributed by atoms with Crippen molar-refractivity contribution in [1.29, 1.82) is 0 Å². The number of rotatable bonds is 5. The highest BCUT2D eigenvalue weighted by Crippen LogP contribution is 2.39. The van der Waals surface area contributed by atoms with Crippen molar-refractivity contribution in [3.63, 3.8) is 0 Å². The van der Waals surface area contributed by atoms with E-state index in [1.165, 1.54) is 4.68 Å². The second-order valence-electron chi connectivity index (χ2n) is 5.37. The first-order valence-electron chi connectivity index (χ1n) is 6.85. The Morgan fingerprint density at radius 3 is 2.89 bits per heavy atom. The fraction of sp³-hybridized carbons (Fsp3) is 0.833. The summed E-state index contributed by atoms with van der Waals surface area (Å²) in [7, 11) is 0. The van der Waals surface area contributed by atoms with Crippen LogP contribution < -0.4 is 0 Å². The minimum absolute atomic E-state index is 0.271. The second kappa shape index (κ2) is 4.88. The SMILES string of the molecule is O=C(O)C1(n2nnnc2CCC2CCCO2)CCC1. The maximum atomic E-state index is 11.5. The summed E-state index contributed by atoms with van der Waals surface area (Å²) in [6.07, 6.45) is 6.12. The smallest absolute Gasteiger partial charge is 0.331 e. The normalized spacial score (nSPS) is 25.2. The molecule has 0 spiro atoms. The van der Waals surface area contributed by atoms with Crippen LogP contribution in [0, 0.1) is 0 Å². The summed E-state index contributed by atoms with van der Waals surface area (Å²) in [5.41, 5.74) is -0.907. The molecule has 1 N–H and O–H groups in total. The third-order valence-electron chi connectivity index (χ3n) is 4.23. The summed E-state index contributed by atoms with van der Waals surface area (Å²) in [5.74, 6) is -0.165. The second-order valence-corrected chi connectivity index (χ2v) is 5.37. The molecule has 19 heavy (non-hydrogen) atoms. The Hall–Kier alpha value is -1.50. The molecule has 2 aliphatic rings. The minimum atomic E-state index is -0.907. The zero-order valence-corrected chi connectivity index (χ0v) is 10.8. The molecule has 0 amide bonds. The van der Waals surface area contributed by atoms with Crippen LogP contribution in [-0.2, 0) is 21.5 Å². The number of carboxylic acids is 1. The number of aromatic nitrogens is 4. The van der Waals surface area contributed by atoms with Gasteiger partial charge in [0.2, 0.25) is 0 Å². The van der Waals surface area contributed by atoms with E-state index in [2.05, 4.69) is 15.5 Å². The number of hydrogen-bond acceptors (Lipinski definition) is 5. The van der Waals surface area contributed by atoms with Crippen molar-refractivity contribution in [2.45, 2.75) is 56.6 Å². The van der Waals surface area contributed by atoms with Crippen molar-refractivity contribution < 1.29 is 14.6 Å². The predicted octanol–water partition coefficient (Wildman–Crippen LogP) is 0.748. The molecule has 1 saturated carbocycles. The zero-order chi connectivity index (χ0) is 13.3. The van der Waals surface area contributed by atoms with Gasteiger partial charge in [-0.25, -0.2) is 9.48 Å². The molecule has 1 aliphatic carbocycles. The lowest BCUT2D eigenvalue weighted by atomic mass is 9.77. The first kappa shape index (κ1) is 12.5. The molecular formula is C12H18N4O3. The van der Waals surface area contributed by atoms with Crippen LogP contribution in [0.25, 0.3) is 0 Å². The van der Waals surface area contributed by atoms with Gasteiger partial charge < -0.3 is 9.84 Å². The van der Waals surface area contributed by atoms with Crippen LogP contribution in [0.4, 0.5) is 0 Å². The summed E-state index contributed by atoms with van der Waals surface area (Å²) >= 11 is 0. The molecule has 1 aliphatic heterocycles. The van der Waals surface area contributed by atoms with Crippen molar-refractivity contribution in [2.75, 3.05) is 6.61 Å². The van der Waals surface area contributed by atoms with Crippen LogP contribution in [0.3, 0.4) is 0 Å². The van der Waals surface area contributed by atoms with Gasteiger partial charge >= 0.3 is 5.97 Å². The van der Waals surface area contributed by atoms with Crippen LogP contribution in [0.2, 0.25) is 0 Å². The van der Waals surface area contributed by atoms with E-state index in [0.29, 0.717) is 25.1 Å². The molecule has 1 aromatic rings. The van der Waals surface area contributed by atoms with E-state index in [-0.39, 0.29) is 6.10 Å². The molecule has 1 aromatic heterocycles. The molecule has 2 heterocycles. The average Bonchev–Trinajstić information content (AvgIpc) is 2.94. The van der Waals surface area contributed by atoms with Crippen LogP contribution >= 0.6 is 0 Å². The number of aliphatic carboxylic acids is 1. The van der Waals surface area contributed by atoms with E-state index in [9.17, 15) is 9.90 Å². The molecule has 1 unspecified atom stereocenters. The Kier molecular flexibility index (Phi) is 3.22. The van der Waals surface area contributed by atoms with E-state index < -0.39 is 11.5 Å². The topological polar surface area (TPSA) is 90.1 Å². The van der Waals surface area contributed by atoms with Crippen molar-refractivity contribution >= 4 is 5.97 Å². The quantitative estimate of drug-likeness (QED) is 0.845. The van der Waals surface area contributed by atoms with Crippen LogP contribution in [0.15, 0.2) is 0 Å². The third-order valence-corrected chi connectivity index (χ3v) is 4.23. The van der Waals surface area contributed by atoms with E-state index >= 15 is 0 Å². The Balaban J connectivity index is 1.72. The Morgan fingerprint density at radius 2 is 2.32 bits per heavy atom. The number of carboxylic acid groups (broad SMARTS) is 1. The summed E-state index contributed by atoms with van der Waals surface area (Å²) in [4.78, 5) is 11.5. The van der Waals surface area contributed by atoms with Gasteiger partial charge in [0.15, 0.2) is 11.4 Å². The Labute approximate surface area is 110 Å². The van der Waals surface area contributed by atoms with Crippen molar-refractivity contribution in [3.05, 3.63) is 5.82 Å². The standard InChI is InChI=1S/C12H18N4O3/c17-11(18)12(6-2-7-12)16-10(13-14-15-16)5-4-9-3-1-8-19-9/h9H,1-8H2,(H,17,18). The predicted molar refractivity (Wildman–Crippen MR) is 64.6 cm³/mol. The fourth-order valence-electron chi connectivity index (χ4n) is 2.88. The molecule has 1 saturated heterocycles. The molecule has 0 radical (unpaired) electrons. The average molecular weight is 266 g/mol. The van der Waals surface area contributed by atoms with Gasteiger partial charge in [0, 0.05) is 13.0 Å². The molecule has 7 heteroatoms. The number of nitrogens with zero attached hydrogens (tertiary/aromatic N) is 4. The van der Waals surface area contributed by atoms with Crippen LogP contribution in [-0.4, -0.2) is 44.0 Å². The van der Waals surface area contributed by atoms with Gasteiger partial charge in [-0.15, -0.1) is 5.10 Å². The molecule has 0 aromatic carbocycles. The number of hydrogen-bond donors (Lipinski definition) is 1. The maximum Gasteiger partial charge on any atom is 0.331 e. The van der Waals surface area contributed by atoms with E-state index in [4.69, 9.17) is 4.74 Å². The largest absolute Gasteiger partial charge is 0.479 e. The lowest BCUT2D eigenvalue weighted by Gasteiger charge is -2.37. The summed E-state index contributed by atoms with van der Waals surface area (Å²) in [6.45, 7) is 0.828. The van der Waals surface area contributed by atoms with Crippen molar-refractivity contribution in [2.24, 2.45) is 0 Å². The monoisotopic (exact) mass is 266 g/mol. The van der Waals surface area contributed by atoms with Crippen molar-refractivity contribution in [1.82, 2.24) is 20.2 Å². The first-order chi connectivity index (χ1) is 9.22. The summed E-state index contributed by atoms with van der Waals surface area (Å²) in [6, 6.07) is 0. The molecular weight excluding hydrogens is 248 g/mol.